The van der Waals surface area contributed by atoms with Crippen molar-refractivity contribution in [2.45, 2.75) is 38.4 Å². The van der Waals surface area contributed by atoms with Crippen molar-refractivity contribution in [1.29, 1.82) is 0 Å². The molecule has 0 aromatic carbocycles. The fourth-order valence-electron chi connectivity index (χ4n) is 2.11. The lowest BCUT2D eigenvalue weighted by Gasteiger charge is -2.20. The maximum Gasteiger partial charge on any atom is 0.0707 e. The normalized spacial score (nSPS) is 23.5. The molecule has 4 nitrogen and oxygen atoms in total. The molecular weight excluding hydrogens is 216 g/mol. The summed E-state index contributed by atoms with van der Waals surface area (Å²) in [7, 11) is 3.86. The minimum absolute atomic E-state index is 0.0849. The molecule has 1 unspecified atom stereocenters. The van der Waals surface area contributed by atoms with E-state index in [0.29, 0.717) is 6.10 Å². The van der Waals surface area contributed by atoms with E-state index in [-0.39, 0.29) is 5.60 Å². The molecule has 1 aliphatic heterocycles. The molecule has 1 rings (SSSR count). The van der Waals surface area contributed by atoms with Gasteiger partial charge in [0.1, 0.15) is 0 Å². The standard InChI is InChI=1S/C13H28N2O2/c1-13(2)6-5-12(17-13)11-14-7-8-15(3)9-10-16-4/h12,14H,5-11H2,1-4H3. The van der Waals surface area contributed by atoms with Crippen LogP contribution in [-0.4, -0.2) is 63.5 Å². The summed E-state index contributed by atoms with van der Waals surface area (Å²) in [5.74, 6) is 0. The predicted octanol–water partition coefficient (Wildman–Crippen LogP) is 1.11. The second kappa shape index (κ2) is 7.31. The number of rotatable bonds is 8. The topological polar surface area (TPSA) is 33.7 Å². The molecule has 1 atom stereocenters. The molecular formula is C13H28N2O2. The summed E-state index contributed by atoms with van der Waals surface area (Å²) in [6, 6.07) is 0. The Kier molecular flexibility index (Phi) is 6.41. The summed E-state index contributed by atoms with van der Waals surface area (Å²) in [6.45, 7) is 9.18. The van der Waals surface area contributed by atoms with E-state index in [4.69, 9.17) is 9.47 Å². The molecule has 0 amide bonds. The largest absolute Gasteiger partial charge is 0.383 e. The molecule has 1 heterocycles. The Morgan fingerprint density at radius 2 is 2.18 bits per heavy atom. The van der Waals surface area contributed by atoms with Crippen LogP contribution < -0.4 is 5.32 Å². The van der Waals surface area contributed by atoms with Gasteiger partial charge in [-0.15, -0.1) is 0 Å². The van der Waals surface area contributed by atoms with Gasteiger partial charge in [-0.2, -0.15) is 0 Å². The molecule has 0 saturated carbocycles. The van der Waals surface area contributed by atoms with Crippen LogP contribution in [-0.2, 0) is 9.47 Å². The van der Waals surface area contributed by atoms with Crippen molar-refractivity contribution in [3.8, 4) is 0 Å². The summed E-state index contributed by atoms with van der Waals surface area (Å²) < 4.78 is 11.0. The molecule has 17 heavy (non-hydrogen) atoms. The quantitative estimate of drug-likeness (QED) is 0.649. The lowest BCUT2D eigenvalue weighted by atomic mass is 10.1. The van der Waals surface area contributed by atoms with Crippen molar-refractivity contribution in [3.05, 3.63) is 0 Å². The number of hydrogen-bond acceptors (Lipinski definition) is 4. The van der Waals surface area contributed by atoms with Crippen molar-refractivity contribution in [2.75, 3.05) is 46.9 Å². The number of hydrogen-bond donors (Lipinski definition) is 1. The van der Waals surface area contributed by atoms with Gasteiger partial charge in [0.2, 0.25) is 0 Å². The summed E-state index contributed by atoms with van der Waals surface area (Å²) in [5.41, 5.74) is 0.0849. The lowest BCUT2D eigenvalue weighted by molar-refractivity contribution is -0.0142. The third-order valence-corrected chi connectivity index (χ3v) is 3.27. The van der Waals surface area contributed by atoms with Gasteiger partial charge in [0.25, 0.3) is 0 Å². The van der Waals surface area contributed by atoms with Crippen molar-refractivity contribution in [2.24, 2.45) is 0 Å². The fraction of sp³-hybridized carbons (Fsp3) is 1.00. The first-order valence-electron chi connectivity index (χ1n) is 6.59. The first kappa shape index (κ1) is 14.9. The molecule has 0 aliphatic carbocycles. The van der Waals surface area contributed by atoms with Gasteiger partial charge in [-0.3, -0.25) is 0 Å². The smallest absolute Gasteiger partial charge is 0.0707 e. The zero-order valence-corrected chi connectivity index (χ0v) is 11.8. The van der Waals surface area contributed by atoms with Crippen molar-refractivity contribution in [1.82, 2.24) is 10.2 Å². The van der Waals surface area contributed by atoms with Crippen LogP contribution in [0.4, 0.5) is 0 Å². The van der Waals surface area contributed by atoms with Gasteiger partial charge >= 0.3 is 0 Å². The number of nitrogens with zero attached hydrogens (tertiary/aromatic N) is 1. The van der Waals surface area contributed by atoms with Crippen LogP contribution in [0.1, 0.15) is 26.7 Å². The van der Waals surface area contributed by atoms with Crippen LogP contribution in [0.5, 0.6) is 0 Å². The first-order chi connectivity index (χ1) is 8.03. The molecule has 0 spiro atoms. The van der Waals surface area contributed by atoms with E-state index in [1.165, 1.54) is 12.8 Å². The molecule has 0 bridgehead atoms. The minimum Gasteiger partial charge on any atom is -0.383 e. The minimum atomic E-state index is 0.0849. The average Bonchev–Trinajstić information content (AvgIpc) is 2.61. The highest BCUT2D eigenvalue weighted by Gasteiger charge is 2.30. The Balaban J connectivity index is 1.97. The average molecular weight is 244 g/mol. The summed E-state index contributed by atoms with van der Waals surface area (Å²) >= 11 is 0. The van der Waals surface area contributed by atoms with E-state index in [0.717, 1.165) is 32.8 Å². The maximum absolute atomic E-state index is 5.92. The fourth-order valence-corrected chi connectivity index (χ4v) is 2.11. The zero-order valence-electron chi connectivity index (χ0n) is 11.8. The Bertz CT molecular complexity index is 210. The predicted molar refractivity (Wildman–Crippen MR) is 70.4 cm³/mol. The van der Waals surface area contributed by atoms with Crippen LogP contribution in [0.2, 0.25) is 0 Å². The van der Waals surface area contributed by atoms with Crippen LogP contribution in [0.25, 0.3) is 0 Å². The first-order valence-corrected chi connectivity index (χ1v) is 6.59. The van der Waals surface area contributed by atoms with E-state index >= 15 is 0 Å². The van der Waals surface area contributed by atoms with Gasteiger partial charge in [-0.1, -0.05) is 0 Å². The van der Waals surface area contributed by atoms with Gasteiger partial charge < -0.3 is 19.7 Å². The molecule has 1 N–H and O–H groups in total. The van der Waals surface area contributed by atoms with E-state index in [1.54, 1.807) is 7.11 Å². The molecule has 0 aromatic rings. The van der Waals surface area contributed by atoms with Crippen LogP contribution in [0, 0.1) is 0 Å². The molecule has 102 valence electrons. The second-order valence-corrected chi connectivity index (χ2v) is 5.54. The molecule has 0 radical (unpaired) electrons. The van der Waals surface area contributed by atoms with Crippen molar-refractivity contribution in [3.63, 3.8) is 0 Å². The van der Waals surface area contributed by atoms with Crippen molar-refractivity contribution >= 4 is 0 Å². The maximum atomic E-state index is 5.92. The Morgan fingerprint density at radius 1 is 1.41 bits per heavy atom. The van der Waals surface area contributed by atoms with Gasteiger partial charge in [-0.05, 0) is 33.7 Å². The molecule has 4 heteroatoms. The summed E-state index contributed by atoms with van der Waals surface area (Å²) in [4.78, 5) is 2.27. The highest BCUT2D eigenvalue weighted by atomic mass is 16.5. The molecule has 1 saturated heterocycles. The Labute approximate surface area is 106 Å². The van der Waals surface area contributed by atoms with E-state index in [1.807, 2.05) is 0 Å². The van der Waals surface area contributed by atoms with E-state index in [2.05, 4.69) is 31.1 Å². The van der Waals surface area contributed by atoms with Gasteiger partial charge in [0, 0.05) is 33.3 Å². The summed E-state index contributed by atoms with van der Waals surface area (Å²) in [5, 5.41) is 3.46. The number of likely N-dealkylation sites (N-methyl/N-ethyl adjacent to an activating group) is 1. The third kappa shape index (κ3) is 6.36. The Hall–Kier alpha value is -0.160. The zero-order chi connectivity index (χ0) is 12.7. The summed E-state index contributed by atoms with van der Waals surface area (Å²) in [6.07, 6.45) is 2.75. The van der Waals surface area contributed by atoms with Gasteiger partial charge in [0.05, 0.1) is 18.3 Å². The Morgan fingerprint density at radius 3 is 2.76 bits per heavy atom. The third-order valence-electron chi connectivity index (χ3n) is 3.27. The second-order valence-electron chi connectivity index (χ2n) is 5.54. The van der Waals surface area contributed by atoms with E-state index in [9.17, 15) is 0 Å². The van der Waals surface area contributed by atoms with Crippen molar-refractivity contribution < 1.29 is 9.47 Å². The molecule has 1 aliphatic rings. The van der Waals surface area contributed by atoms with Crippen LogP contribution in [0.3, 0.4) is 0 Å². The van der Waals surface area contributed by atoms with Gasteiger partial charge in [-0.25, -0.2) is 0 Å². The molecule has 1 fully saturated rings. The molecule has 0 aromatic heterocycles. The van der Waals surface area contributed by atoms with Crippen LogP contribution >= 0.6 is 0 Å². The SMILES string of the molecule is COCCN(C)CCNCC1CCC(C)(C)O1. The lowest BCUT2D eigenvalue weighted by Crippen LogP contribution is -2.35. The van der Waals surface area contributed by atoms with Gasteiger partial charge in [0.15, 0.2) is 0 Å². The van der Waals surface area contributed by atoms with Crippen LogP contribution in [0.15, 0.2) is 0 Å². The van der Waals surface area contributed by atoms with E-state index < -0.39 is 0 Å². The number of nitrogens with one attached hydrogen (secondary N) is 1. The number of ether oxygens (including phenoxy) is 2. The highest BCUT2D eigenvalue weighted by Crippen LogP contribution is 2.28. The number of methoxy groups -OCH3 is 1. The highest BCUT2D eigenvalue weighted by molar-refractivity contribution is 4.81. The monoisotopic (exact) mass is 244 g/mol.